The predicted molar refractivity (Wildman–Crippen MR) is 114 cm³/mol. The number of halogens is 1. The van der Waals surface area contributed by atoms with E-state index in [9.17, 15) is 0 Å². The Morgan fingerprint density at radius 3 is 2.58 bits per heavy atom. The van der Waals surface area contributed by atoms with Crippen LogP contribution in [0, 0.1) is 6.92 Å². The van der Waals surface area contributed by atoms with E-state index in [-0.39, 0.29) is 0 Å². The summed E-state index contributed by atoms with van der Waals surface area (Å²) < 4.78 is 11.5. The van der Waals surface area contributed by atoms with Crippen LogP contribution in [0.15, 0.2) is 48.0 Å². The summed E-state index contributed by atoms with van der Waals surface area (Å²) in [5.74, 6) is 1.98. The first-order valence-corrected chi connectivity index (χ1v) is 10.3. The van der Waals surface area contributed by atoms with Gasteiger partial charge < -0.3 is 15.2 Å². The van der Waals surface area contributed by atoms with E-state index in [1.54, 1.807) is 18.9 Å². The molecule has 2 rings (SSSR count). The highest BCUT2D eigenvalue weighted by molar-refractivity contribution is 8.07. The number of hydrogen-bond acceptors (Lipinski definition) is 4. The maximum Gasteiger partial charge on any atom is 0.125 e. The fourth-order valence-electron chi connectivity index (χ4n) is 2.78. The van der Waals surface area contributed by atoms with Crippen LogP contribution in [0.2, 0.25) is 0 Å². The molecule has 0 heterocycles. The van der Waals surface area contributed by atoms with Gasteiger partial charge in [-0.2, -0.15) is 0 Å². The van der Waals surface area contributed by atoms with Crippen molar-refractivity contribution in [3.8, 4) is 11.5 Å². The molecule has 0 spiro atoms. The van der Waals surface area contributed by atoms with Gasteiger partial charge in [0.2, 0.25) is 0 Å². The highest BCUT2D eigenvalue weighted by Crippen LogP contribution is 2.32. The van der Waals surface area contributed by atoms with Crippen LogP contribution in [0.1, 0.15) is 16.7 Å². The Balaban J connectivity index is 2.23. The van der Waals surface area contributed by atoms with Crippen LogP contribution in [0.25, 0.3) is 4.91 Å². The lowest BCUT2D eigenvalue weighted by Gasteiger charge is -2.16. The number of thioether (sulfide) groups is 1. The Morgan fingerprint density at radius 1 is 1.19 bits per heavy atom. The molecule has 2 aromatic carbocycles. The number of ether oxygens (including phenoxy) is 2. The summed E-state index contributed by atoms with van der Waals surface area (Å²) in [6, 6.07) is 14.2. The molecule has 0 radical (unpaired) electrons. The first-order chi connectivity index (χ1) is 12.6. The number of methoxy groups -OCH3 is 1. The van der Waals surface area contributed by atoms with Crippen LogP contribution in [0.5, 0.6) is 11.5 Å². The van der Waals surface area contributed by atoms with E-state index in [2.05, 4.69) is 25.3 Å². The average Bonchev–Trinajstić information content (AvgIpc) is 2.67. The van der Waals surface area contributed by atoms with Gasteiger partial charge in [0.25, 0.3) is 0 Å². The molecule has 0 aromatic heterocycles. The summed E-state index contributed by atoms with van der Waals surface area (Å²) in [5.41, 5.74) is 10.2. The molecule has 5 heteroatoms. The average molecular weight is 392 g/mol. The summed E-state index contributed by atoms with van der Waals surface area (Å²) >= 11 is 7.94. The molecular weight excluding hydrogens is 366 g/mol. The molecule has 0 aliphatic carbocycles. The zero-order valence-corrected chi connectivity index (χ0v) is 17.1. The van der Waals surface area contributed by atoms with Gasteiger partial charge in [0, 0.05) is 16.9 Å². The van der Waals surface area contributed by atoms with Crippen LogP contribution >= 0.6 is 23.4 Å². The van der Waals surface area contributed by atoms with Crippen molar-refractivity contribution in [2.75, 3.05) is 32.4 Å². The lowest BCUT2D eigenvalue weighted by molar-refractivity contribution is 0.347. The third-order valence-corrected chi connectivity index (χ3v) is 5.40. The van der Waals surface area contributed by atoms with Crippen LogP contribution in [-0.2, 0) is 6.42 Å². The van der Waals surface area contributed by atoms with Crippen molar-refractivity contribution < 1.29 is 9.47 Å². The topological polar surface area (TPSA) is 44.5 Å². The summed E-state index contributed by atoms with van der Waals surface area (Å²) in [7, 11) is 1.66. The number of benzene rings is 2. The van der Waals surface area contributed by atoms with Gasteiger partial charge in [-0.25, -0.2) is 0 Å². The zero-order chi connectivity index (χ0) is 18.9. The highest BCUT2D eigenvalue weighted by atomic mass is 35.5. The number of rotatable bonds is 9. The van der Waals surface area contributed by atoms with Gasteiger partial charge in [-0.15, -0.1) is 23.4 Å². The highest BCUT2D eigenvalue weighted by Gasteiger charge is 2.12. The van der Waals surface area contributed by atoms with E-state index >= 15 is 0 Å². The third-order valence-electron chi connectivity index (χ3n) is 4.16. The molecule has 0 fully saturated rings. The zero-order valence-electron chi connectivity index (χ0n) is 15.5. The Labute approximate surface area is 165 Å². The number of aryl methyl sites for hydroxylation is 1. The molecule has 0 atom stereocenters. The summed E-state index contributed by atoms with van der Waals surface area (Å²) in [6.07, 6.45) is 2.85. The molecule has 0 aliphatic heterocycles. The molecule has 3 nitrogen and oxygen atoms in total. The molecule has 0 aliphatic rings. The molecule has 2 N–H and O–H groups in total. The minimum absolute atomic E-state index is 0.424. The van der Waals surface area contributed by atoms with E-state index in [0.29, 0.717) is 19.0 Å². The smallest absolute Gasteiger partial charge is 0.125 e. The van der Waals surface area contributed by atoms with Crippen molar-refractivity contribution in [2.45, 2.75) is 13.3 Å². The largest absolute Gasteiger partial charge is 0.496 e. The van der Waals surface area contributed by atoms with Crippen LogP contribution in [0.3, 0.4) is 0 Å². The molecule has 0 saturated heterocycles. The van der Waals surface area contributed by atoms with Gasteiger partial charge >= 0.3 is 0 Å². The molecule has 0 bridgehead atoms. The van der Waals surface area contributed by atoms with Crippen molar-refractivity contribution in [3.05, 3.63) is 64.7 Å². The van der Waals surface area contributed by atoms with Crippen LogP contribution in [0.4, 0.5) is 0 Å². The van der Waals surface area contributed by atoms with Gasteiger partial charge in [-0.3, -0.25) is 0 Å². The van der Waals surface area contributed by atoms with Gasteiger partial charge in [0.15, 0.2) is 0 Å². The Hall–Kier alpha value is -1.62. The lowest BCUT2D eigenvalue weighted by atomic mass is 10.1. The Morgan fingerprint density at radius 2 is 1.96 bits per heavy atom. The molecule has 2 aromatic rings. The number of nitrogens with two attached hydrogens (primary N) is 1. The summed E-state index contributed by atoms with van der Waals surface area (Å²) in [4.78, 5) is 1.17. The lowest BCUT2D eigenvalue weighted by Crippen LogP contribution is -2.07. The van der Waals surface area contributed by atoms with E-state index in [1.807, 2.05) is 30.3 Å². The molecule has 140 valence electrons. The van der Waals surface area contributed by atoms with E-state index in [4.69, 9.17) is 26.8 Å². The van der Waals surface area contributed by atoms with Crippen molar-refractivity contribution in [2.24, 2.45) is 5.73 Å². The molecule has 0 unspecified atom stereocenters. The Bertz CT molecular complexity index is 761. The number of alkyl halides is 1. The monoisotopic (exact) mass is 391 g/mol. The quantitative estimate of drug-likeness (QED) is 0.617. The first-order valence-electron chi connectivity index (χ1n) is 8.52. The minimum Gasteiger partial charge on any atom is -0.496 e. The standard InChI is InChI=1S/C21H26ClNO2S/c1-15-6-4-5-7-19(15)21(26-3)17(13-22)14-25-18-9-8-16(10-11-23)20(12-18)24-2/h4-9,12H,10-11,13-14,23H2,1-3H3/b21-17+. The van der Waals surface area contributed by atoms with E-state index in [0.717, 1.165) is 29.1 Å². The van der Waals surface area contributed by atoms with E-state index < -0.39 is 0 Å². The second kappa shape index (κ2) is 10.5. The van der Waals surface area contributed by atoms with Crippen molar-refractivity contribution in [1.82, 2.24) is 0 Å². The number of hydrogen-bond donors (Lipinski definition) is 1. The van der Waals surface area contributed by atoms with Crippen molar-refractivity contribution in [1.29, 1.82) is 0 Å². The normalized spacial score (nSPS) is 11.9. The van der Waals surface area contributed by atoms with Crippen molar-refractivity contribution >= 4 is 28.3 Å². The Kier molecular flexibility index (Phi) is 8.36. The summed E-state index contributed by atoms with van der Waals surface area (Å²) in [6.45, 7) is 3.13. The van der Waals surface area contributed by atoms with Gasteiger partial charge in [0.05, 0.1) is 7.11 Å². The molecular formula is C21H26ClNO2S. The molecule has 0 amide bonds. The van der Waals surface area contributed by atoms with Crippen molar-refractivity contribution in [3.63, 3.8) is 0 Å². The van der Waals surface area contributed by atoms with Gasteiger partial charge in [-0.05, 0) is 54.5 Å². The minimum atomic E-state index is 0.424. The summed E-state index contributed by atoms with van der Waals surface area (Å²) in [5, 5.41) is 0. The van der Waals surface area contributed by atoms with Gasteiger partial charge in [0.1, 0.15) is 18.1 Å². The second-order valence-corrected chi connectivity index (χ2v) is 6.97. The first kappa shape index (κ1) is 20.7. The van der Waals surface area contributed by atoms with Crippen LogP contribution < -0.4 is 15.2 Å². The fraction of sp³-hybridized carbons (Fsp3) is 0.333. The second-order valence-electron chi connectivity index (χ2n) is 5.89. The van der Waals surface area contributed by atoms with Gasteiger partial charge in [-0.1, -0.05) is 30.3 Å². The molecule has 26 heavy (non-hydrogen) atoms. The maximum absolute atomic E-state index is 6.24. The maximum atomic E-state index is 6.24. The van der Waals surface area contributed by atoms with Crippen LogP contribution in [-0.4, -0.2) is 32.4 Å². The fourth-order valence-corrected chi connectivity index (χ4v) is 3.94. The predicted octanol–water partition coefficient (Wildman–Crippen LogP) is 4.90. The molecule has 0 saturated carbocycles. The van der Waals surface area contributed by atoms with E-state index in [1.165, 1.54) is 16.0 Å². The third kappa shape index (κ3) is 5.19. The SMILES string of the molecule is COc1cc(OC/C(CCl)=C(/SC)c2ccccc2C)ccc1CCN.